The molecule has 1 aromatic rings. The molecule has 0 bridgehead atoms. The first-order chi connectivity index (χ1) is 14.4. The molecule has 2 saturated heterocycles. The van der Waals surface area contributed by atoms with Gasteiger partial charge in [-0.15, -0.1) is 0 Å². The molecule has 2 aliphatic heterocycles. The van der Waals surface area contributed by atoms with Crippen molar-refractivity contribution in [1.29, 1.82) is 0 Å². The topological polar surface area (TPSA) is 89.5 Å². The summed E-state index contributed by atoms with van der Waals surface area (Å²) in [5.74, 6) is -1.02. The van der Waals surface area contributed by atoms with Crippen molar-refractivity contribution < 1.29 is 38.0 Å². The number of esters is 2. The van der Waals surface area contributed by atoms with E-state index in [1.54, 1.807) is 18.2 Å². The van der Waals surface area contributed by atoms with Crippen molar-refractivity contribution in [2.24, 2.45) is 10.8 Å². The Hall–Kier alpha value is -2.00. The maximum atomic E-state index is 12.2. The first-order valence-electron chi connectivity index (χ1n) is 10.1. The quantitative estimate of drug-likeness (QED) is 0.374. The molecule has 2 fully saturated rings. The molecule has 3 rings (SSSR count). The van der Waals surface area contributed by atoms with Crippen LogP contribution in [0.2, 0.25) is 0 Å². The zero-order valence-corrected chi connectivity index (χ0v) is 17.6. The highest BCUT2D eigenvalue weighted by atomic mass is 16.6. The van der Waals surface area contributed by atoms with Gasteiger partial charge >= 0.3 is 11.9 Å². The van der Waals surface area contributed by atoms with E-state index in [1.807, 2.05) is 0 Å². The summed E-state index contributed by atoms with van der Waals surface area (Å²) >= 11 is 0. The van der Waals surface area contributed by atoms with Gasteiger partial charge in [-0.2, -0.15) is 0 Å². The van der Waals surface area contributed by atoms with E-state index in [1.165, 1.54) is 6.07 Å². The van der Waals surface area contributed by atoms with Gasteiger partial charge in [0.1, 0.15) is 13.2 Å². The Morgan fingerprint density at radius 2 is 1.23 bits per heavy atom. The van der Waals surface area contributed by atoms with Crippen LogP contribution in [0.5, 0.6) is 0 Å². The van der Waals surface area contributed by atoms with Crippen molar-refractivity contribution in [3.8, 4) is 0 Å². The minimum atomic E-state index is -0.509. The summed E-state index contributed by atoms with van der Waals surface area (Å²) in [6, 6.07) is 6.27. The van der Waals surface area contributed by atoms with Gasteiger partial charge < -0.3 is 28.4 Å². The molecular weight excluding hydrogens is 392 g/mol. The maximum absolute atomic E-state index is 12.2. The molecule has 2 aliphatic rings. The first kappa shape index (κ1) is 22.7. The molecule has 2 heterocycles. The van der Waals surface area contributed by atoms with Crippen LogP contribution in [0.15, 0.2) is 24.3 Å². The molecule has 30 heavy (non-hydrogen) atoms. The van der Waals surface area contributed by atoms with Gasteiger partial charge in [0.05, 0.1) is 64.0 Å². The van der Waals surface area contributed by atoms with E-state index < -0.39 is 11.9 Å². The molecule has 166 valence electrons. The summed E-state index contributed by atoms with van der Waals surface area (Å²) in [5.41, 5.74) is 0.705. The Morgan fingerprint density at radius 3 is 1.60 bits per heavy atom. The zero-order chi connectivity index (χ0) is 21.5. The summed E-state index contributed by atoms with van der Waals surface area (Å²) in [6.07, 6.45) is 0. The molecular formula is C22H30O8. The lowest BCUT2D eigenvalue weighted by Gasteiger charge is -2.37. The van der Waals surface area contributed by atoms with E-state index in [2.05, 4.69) is 13.8 Å². The van der Waals surface area contributed by atoms with Crippen LogP contribution in [-0.4, -0.2) is 78.0 Å². The van der Waals surface area contributed by atoms with Gasteiger partial charge in [0.15, 0.2) is 0 Å². The number of benzene rings is 1. The highest BCUT2D eigenvalue weighted by Crippen LogP contribution is 2.27. The standard InChI is InChI=1S/C22H30O8/c1-21(13-27-14-21)11-25-6-8-29-19(23)17-4-3-5-18(10-17)20(24)30-9-7-26-12-22(2)15-28-16-22/h3-5,10H,6-9,11-16H2,1-2H3. The Balaban J connectivity index is 1.33. The Kier molecular flexibility index (Phi) is 7.82. The zero-order valence-electron chi connectivity index (χ0n) is 17.6. The summed E-state index contributed by atoms with van der Waals surface area (Å²) < 4.78 is 31.8. The van der Waals surface area contributed by atoms with Crippen LogP contribution in [0, 0.1) is 10.8 Å². The lowest BCUT2D eigenvalue weighted by atomic mass is 9.90. The molecule has 0 aromatic heterocycles. The van der Waals surface area contributed by atoms with E-state index in [-0.39, 0.29) is 35.2 Å². The van der Waals surface area contributed by atoms with Gasteiger partial charge in [0.2, 0.25) is 0 Å². The molecule has 8 heteroatoms. The summed E-state index contributed by atoms with van der Waals surface area (Å²) in [6.45, 7) is 9.00. The highest BCUT2D eigenvalue weighted by molar-refractivity contribution is 5.95. The van der Waals surface area contributed by atoms with Gasteiger partial charge in [-0.25, -0.2) is 9.59 Å². The van der Waals surface area contributed by atoms with Gasteiger partial charge in [-0.3, -0.25) is 0 Å². The van der Waals surface area contributed by atoms with Crippen LogP contribution in [0.4, 0.5) is 0 Å². The van der Waals surface area contributed by atoms with Crippen LogP contribution >= 0.6 is 0 Å². The number of rotatable bonds is 12. The minimum absolute atomic E-state index is 0.0628. The molecule has 1 aromatic carbocycles. The van der Waals surface area contributed by atoms with E-state index in [0.29, 0.717) is 52.9 Å². The summed E-state index contributed by atoms with van der Waals surface area (Å²) in [7, 11) is 0. The van der Waals surface area contributed by atoms with E-state index in [0.717, 1.165) is 0 Å². The second kappa shape index (κ2) is 10.3. The highest BCUT2D eigenvalue weighted by Gasteiger charge is 2.34. The largest absolute Gasteiger partial charge is 0.460 e. The molecule has 0 saturated carbocycles. The molecule has 0 N–H and O–H groups in total. The van der Waals surface area contributed by atoms with Crippen LogP contribution < -0.4 is 0 Å². The fourth-order valence-electron chi connectivity index (χ4n) is 3.03. The van der Waals surface area contributed by atoms with Crippen LogP contribution in [0.3, 0.4) is 0 Å². The molecule has 0 amide bonds. The summed E-state index contributed by atoms with van der Waals surface area (Å²) in [5, 5.41) is 0. The summed E-state index contributed by atoms with van der Waals surface area (Å²) in [4.78, 5) is 24.4. The molecule has 0 atom stereocenters. The van der Waals surface area contributed by atoms with Crippen LogP contribution in [0.25, 0.3) is 0 Å². The molecule has 0 radical (unpaired) electrons. The monoisotopic (exact) mass is 422 g/mol. The predicted octanol–water partition coefficient (Wildman–Crippen LogP) is 2.11. The number of carbonyl (C=O) groups excluding carboxylic acids is 2. The lowest BCUT2D eigenvalue weighted by Crippen LogP contribution is -2.43. The Bertz CT molecular complexity index is 666. The van der Waals surface area contributed by atoms with Crippen molar-refractivity contribution in [2.75, 3.05) is 66.1 Å². The van der Waals surface area contributed by atoms with Crippen LogP contribution in [0.1, 0.15) is 34.6 Å². The van der Waals surface area contributed by atoms with E-state index in [9.17, 15) is 9.59 Å². The van der Waals surface area contributed by atoms with E-state index >= 15 is 0 Å². The smallest absolute Gasteiger partial charge is 0.338 e. The van der Waals surface area contributed by atoms with Crippen LogP contribution in [-0.2, 0) is 28.4 Å². The number of carbonyl (C=O) groups is 2. The number of ether oxygens (including phenoxy) is 6. The van der Waals surface area contributed by atoms with Gasteiger partial charge in [-0.1, -0.05) is 19.9 Å². The normalized spacial score (nSPS) is 18.7. The molecule has 0 unspecified atom stereocenters. The van der Waals surface area contributed by atoms with Crippen molar-refractivity contribution in [3.63, 3.8) is 0 Å². The third-order valence-corrected chi connectivity index (χ3v) is 4.96. The lowest BCUT2D eigenvalue weighted by molar-refractivity contribution is -0.139. The van der Waals surface area contributed by atoms with Crippen molar-refractivity contribution in [3.05, 3.63) is 35.4 Å². The average molecular weight is 422 g/mol. The van der Waals surface area contributed by atoms with Crippen molar-refractivity contribution >= 4 is 11.9 Å². The van der Waals surface area contributed by atoms with Crippen molar-refractivity contribution in [1.82, 2.24) is 0 Å². The SMILES string of the molecule is CC1(COCCOC(=O)c2cccc(C(=O)OCCOCC3(C)COC3)c2)COC1. The number of hydrogen-bond donors (Lipinski definition) is 0. The third-order valence-electron chi connectivity index (χ3n) is 4.96. The third kappa shape index (κ3) is 6.50. The molecule has 0 aliphatic carbocycles. The Labute approximate surface area is 176 Å². The van der Waals surface area contributed by atoms with Crippen molar-refractivity contribution in [2.45, 2.75) is 13.8 Å². The predicted molar refractivity (Wildman–Crippen MR) is 106 cm³/mol. The second-order valence-electron chi connectivity index (χ2n) is 8.56. The second-order valence-corrected chi connectivity index (χ2v) is 8.56. The van der Waals surface area contributed by atoms with Gasteiger partial charge in [0.25, 0.3) is 0 Å². The fraction of sp³-hybridized carbons (Fsp3) is 0.636. The number of hydrogen-bond acceptors (Lipinski definition) is 8. The van der Waals surface area contributed by atoms with Gasteiger partial charge in [-0.05, 0) is 18.2 Å². The fourth-order valence-corrected chi connectivity index (χ4v) is 3.03. The molecule has 8 nitrogen and oxygen atoms in total. The van der Waals surface area contributed by atoms with Gasteiger partial charge in [0, 0.05) is 10.8 Å². The first-order valence-corrected chi connectivity index (χ1v) is 10.1. The van der Waals surface area contributed by atoms with E-state index in [4.69, 9.17) is 28.4 Å². The molecule has 0 spiro atoms. The minimum Gasteiger partial charge on any atom is -0.460 e. The Morgan fingerprint density at radius 1 is 0.800 bits per heavy atom. The average Bonchev–Trinajstić information content (AvgIpc) is 2.70. The maximum Gasteiger partial charge on any atom is 0.338 e.